The summed E-state index contributed by atoms with van der Waals surface area (Å²) < 4.78 is 5.38. The van der Waals surface area contributed by atoms with Gasteiger partial charge in [-0.15, -0.1) is 0 Å². The van der Waals surface area contributed by atoms with Crippen LogP contribution in [0.2, 0.25) is 0 Å². The summed E-state index contributed by atoms with van der Waals surface area (Å²) >= 11 is 0. The average molecular weight is 309 g/mol. The van der Waals surface area contributed by atoms with Crippen molar-refractivity contribution in [3.8, 4) is 5.75 Å². The van der Waals surface area contributed by atoms with Gasteiger partial charge in [-0.2, -0.15) is 0 Å². The summed E-state index contributed by atoms with van der Waals surface area (Å²) in [6.45, 7) is 1.82. The highest BCUT2D eigenvalue weighted by molar-refractivity contribution is 5.98. The number of amides is 1. The van der Waals surface area contributed by atoms with Crippen LogP contribution in [0.25, 0.3) is 0 Å². The standard InChI is InChI=1S/C13H15N3O6/c1-8-13(19)15(7-3-2-4-11(17)18)12-9(22-8)5-6-10(14-12)16(20)21/h5-6,8H,2-4,7H2,1H3,(H,17,18). The number of rotatable bonds is 6. The molecule has 9 heteroatoms. The second-order valence-corrected chi connectivity index (χ2v) is 4.85. The zero-order valence-corrected chi connectivity index (χ0v) is 11.9. The van der Waals surface area contributed by atoms with Crippen molar-refractivity contribution in [2.45, 2.75) is 32.3 Å². The molecule has 0 aromatic carbocycles. The predicted molar refractivity (Wildman–Crippen MR) is 74.8 cm³/mol. The fourth-order valence-electron chi connectivity index (χ4n) is 2.14. The van der Waals surface area contributed by atoms with E-state index in [0.29, 0.717) is 18.6 Å². The molecule has 1 aliphatic rings. The fourth-order valence-corrected chi connectivity index (χ4v) is 2.14. The van der Waals surface area contributed by atoms with Gasteiger partial charge in [0.05, 0.1) is 0 Å². The van der Waals surface area contributed by atoms with Gasteiger partial charge in [0.1, 0.15) is 0 Å². The summed E-state index contributed by atoms with van der Waals surface area (Å²) in [5, 5.41) is 19.4. The molecule has 1 amide bonds. The van der Waals surface area contributed by atoms with Crippen molar-refractivity contribution in [3.63, 3.8) is 0 Å². The zero-order valence-electron chi connectivity index (χ0n) is 11.9. The first-order valence-corrected chi connectivity index (χ1v) is 6.75. The minimum atomic E-state index is -0.907. The SMILES string of the molecule is CC1Oc2ccc([N+](=O)[O-])nc2N(CCCCC(=O)O)C1=O. The summed E-state index contributed by atoms with van der Waals surface area (Å²) in [5.41, 5.74) is 0. The molecule has 1 N–H and O–H groups in total. The van der Waals surface area contributed by atoms with Gasteiger partial charge in [0.25, 0.3) is 11.7 Å². The maximum absolute atomic E-state index is 12.2. The molecule has 0 saturated heterocycles. The van der Waals surface area contributed by atoms with E-state index in [1.807, 2.05) is 0 Å². The lowest BCUT2D eigenvalue weighted by molar-refractivity contribution is -0.389. The van der Waals surface area contributed by atoms with Crippen LogP contribution in [0.3, 0.4) is 0 Å². The molecule has 0 bridgehead atoms. The number of aliphatic carboxylic acids is 1. The predicted octanol–water partition coefficient (Wildman–Crippen LogP) is 1.36. The average Bonchev–Trinajstić information content (AvgIpc) is 2.46. The van der Waals surface area contributed by atoms with Crippen molar-refractivity contribution in [2.75, 3.05) is 11.4 Å². The number of nitrogens with zero attached hydrogens (tertiary/aromatic N) is 3. The van der Waals surface area contributed by atoms with Crippen molar-refractivity contribution in [3.05, 3.63) is 22.2 Å². The molecule has 0 aliphatic carbocycles. The molecule has 1 unspecified atom stereocenters. The molecule has 1 aromatic rings. The Labute approximate surface area is 125 Å². The number of fused-ring (bicyclic) bond motifs is 1. The first-order chi connectivity index (χ1) is 10.4. The number of carbonyl (C=O) groups excluding carboxylic acids is 1. The van der Waals surface area contributed by atoms with Crippen LogP contribution in [0.4, 0.5) is 11.6 Å². The van der Waals surface area contributed by atoms with Crippen molar-refractivity contribution in [2.24, 2.45) is 0 Å². The Hall–Kier alpha value is -2.71. The molecule has 1 aliphatic heterocycles. The number of anilines is 1. The van der Waals surface area contributed by atoms with Crippen molar-refractivity contribution >= 4 is 23.5 Å². The normalized spacial score (nSPS) is 16.9. The van der Waals surface area contributed by atoms with Gasteiger partial charge in [-0.05, 0) is 35.7 Å². The quantitative estimate of drug-likeness (QED) is 0.478. The van der Waals surface area contributed by atoms with E-state index in [1.54, 1.807) is 6.92 Å². The summed E-state index contributed by atoms with van der Waals surface area (Å²) in [6.07, 6.45) is 0.145. The third-order valence-corrected chi connectivity index (χ3v) is 3.21. The minimum absolute atomic E-state index is 0.00328. The van der Waals surface area contributed by atoms with Crippen LogP contribution >= 0.6 is 0 Å². The second-order valence-electron chi connectivity index (χ2n) is 4.85. The zero-order chi connectivity index (χ0) is 16.3. The molecule has 0 radical (unpaired) electrons. The van der Waals surface area contributed by atoms with E-state index >= 15 is 0 Å². The minimum Gasteiger partial charge on any atom is -0.481 e. The summed E-state index contributed by atoms with van der Waals surface area (Å²) in [4.78, 5) is 38.0. The van der Waals surface area contributed by atoms with E-state index in [9.17, 15) is 19.7 Å². The third-order valence-electron chi connectivity index (χ3n) is 3.21. The molecule has 9 nitrogen and oxygen atoms in total. The molecule has 22 heavy (non-hydrogen) atoms. The first-order valence-electron chi connectivity index (χ1n) is 6.75. The monoisotopic (exact) mass is 309 g/mol. The van der Waals surface area contributed by atoms with E-state index in [2.05, 4.69) is 4.98 Å². The Balaban J connectivity index is 2.20. The van der Waals surface area contributed by atoms with E-state index < -0.39 is 17.0 Å². The smallest absolute Gasteiger partial charge is 0.366 e. The molecule has 118 valence electrons. The number of carbonyl (C=O) groups is 2. The van der Waals surface area contributed by atoms with Gasteiger partial charge in [-0.25, -0.2) is 0 Å². The third kappa shape index (κ3) is 3.30. The molecular weight excluding hydrogens is 294 g/mol. The molecule has 1 aromatic heterocycles. The Kier molecular flexibility index (Phi) is 4.54. The fraction of sp³-hybridized carbons (Fsp3) is 0.462. The molecule has 0 saturated carbocycles. The van der Waals surface area contributed by atoms with Crippen LogP contribution in [0.1, 0.15) is 26.2 Å². The van der Waals surface area contributed by atoms with E-state index in [0.717, 1.165) is 0 Å². The molecule has 2 rings (SSSR count). The largest absolute Gasteiger partial charge is 0.481 e. The Morgan fingerprint density at radius 1 is 1.50 bits per heavy atom. The molecule has 2 heterocycles. The van der Waals surface area contributed by atoms with Gasteiger partial charge in [0.2, 0.25) is 0 Å². The second kappa shape index (κ2) is 6.37. The number of ether oxygens (including phenoxy) is 1. The summed E-state index contributed by atoms with van der Waals surface area (Å²) in [6, 6.07) is 2.62. The Morgan fingerprint density at radius 3 is 2.86 bits per heavy atom. The first kappa shape index (κ1) is 15.7. The van der Waals surface area contributed by atoms with E-state index in [-0.39, 0.29) is 30.5 Å². The van der Waals surface area contributed by atoms with Crippen molar-refractivity contribution in [1.82, 2.24) is 4.98 Å². The van der Waals surface area contributed by atoms with Gasteiger partial charge < -0.3 is 20.0 Å². The lowest BCUT2D eigenvalue weighted by Gasteiger charge is -2.29. The number of unbranched alkanes of at least 4 members (excludes halogenated alkanes) is 1. The lowest BCUT2D eigenvalue weighted by Crippen LogP contribution is -2.45. The highest BCUT2D eigenvalue weighted by atomic mass is 16.6. The summed E-state index contributed by atoms with van der Waals surface area (Å²) in [7, 11) is 0. The van der Waals surface area contributed by atoms with E-state index in [1.165, 1.54) is 17.0 Å². The maximum Gasteiger partial charge on any atom is 0.366 e. The molecule has 1 atom stereocenters. The number of carboxylic acids is 1. The number of hydrogen-bond donors (Lipinski definition) is 1. The number of pyridine rings is 1. The van der Waals surface area contributed by atoms with Crippen LogP contribution in [-0.4, -0.2) is 39.5 Å². The van der Waals surface area contributed by atoms with Crippen LogP contribution in [0.15, 0.2) is 12.1 Å². The van der Waals surface area contributed by atoms with Gasteiger partial charge in [0, 0.05) is 19.0 Å². The molecule has 0 fully saturated rings. The summed E-state index contributed by atoms with van der Waals surface area (Å²) in [5.74, 6) is -1.23. The van der Waals surface area contributed by atoms with Crippen LogP contribution < -0.4 is 9.64 Å². The highest BCUT2D eigenvalue weighted by Crippen LogP contribution is 2.34. The highest BCUT2D eigenvalue weighted by Gasteiger charge is 2.36. The van der Waals surface area contributed by atoms with Crippen molar-refractivity contribution in [1.29, 1.82) is 0 Å². The van der Waals surface area contributed by atoms with Gasteiger partial charge in [-0.3, -0.25) is 14.5 Å². The number of nitro groups is 1. The topological polar surface area (TPSA) is 123 Å². The van der Waals surface area contributed by atoms with Crippen molar-refractivity contribution < 1.29 is 24.4 Å². The molecule has 0 spiro atoms. The van der Waals surface area contributed by atoms with Gasteiger partial charge >= 0.3 is 11.8 Å². The maximum atomic E-state index is 12.2. The van der Waals surface area contributed by atoms with Crippen LogP contribution in [-0.2, 0) is 9.59 Å². The number of carboxylic acid groups (broad SMARTS) is 1. The Bertz CT molecular complexity index is 618. The van der Waals surface area contributed by atoms with Gasteiger partial charge in [0.15, 0.2) is 11.9 Å². The van der Waals surface area contributed by atoms with Crippen LogP contribution in [0.5, 0.6) is 5.75 Å². The number of hydrogen-bond acceptors (Lipinski definition) is 6. The lowest BCUT2D eigenvalue weighted by atomic mass is 10.2. The molecular formula is C13H15N3O6. The van der Waals surface area contributed by atoms with Crippen LogP contribution in [0, 0.1) is 10.1 Å². The Morgan fingerprint density at radius 2 is 2.23 bits per heavy atom. The van der Waals surface area contributed by atoms with E-state index in [4.69, 9.17) is 9.84 Å². The van der Waals surface area contributed by atoms with Gasteiger partial charge in [-0.1, -0.05) is 0 Å². The number of aromatic nitrogens is 1.